The summed E-state index contributed by atoms with van der Waals surface area (Å²) in [6.45, 7) is 4.15. The van der Waals surface area contributed by atoms with Crippen molar-refractivity contribution in [2.75, 3.05) is 0 Å². The monoisotopic (exact) mass is 376 g/mol. The lowest BCUT2D eigenvalue weighted by Crippen LogP contribution is -1.96. The van der Waals surface area contributed by atoms with E-state index >= 15 is 0 Å². The maximum atomic E-state index is 5.79. The number of hydrogen-bond donors (Lipinski definition) is 0. The van der Waals surface area contributed by atoms with Gasteiger partial charge in [0.15, 0.2) is 5.22 Å². The molecule has 90 valence electrons. The number of halogens is 3. The van der Waals surface area contributed by atoms with Gasteiger partial charge in [0.25, 0.3) is 0 Å². The van der Waals surface area contributed by atoms with Crippen LogP contribution in [0.1, 0.15) is 27.3 Å². The Morgan fingerprint density at radius 1 is 1.18 bits per heavy atom. The molecule has 0 fully saturated rings. The van der Waals surface area contributed by atoms with Crippen molar-refractivity contribution in [3.05, 3.63) is 56.4 Å². The molecule has 1 heterocycles. The second-order valence-corrected chi connectivity index (χ2v) is 6.10. The molecule has 1 unspecified atom stereocenters. The van der Waals surface area contributed by atoms with Crippen molar-refractivity contribution >= 4 is 43.5 Å². The van der Waals surface area contributed by atoms with Gasteiger partial charge in [-0.1, -0.05) is 37.9 Å². The zero-order valence-electron chi connectivity index (χ0n) is 9.43. The largest absolute Gasteiger partial charge is 0.448 e. The van der Waals surface area contributed by atoms with Crippen LogP contribution in [0.15, 0.2) is 33.2 Å². The Morgan fingerprint density at radius 2 is 1.88 bits per heavy atom. The van der Waals surface area contributed by atoms with Gasteiger partial charge in [-0.25, -0.2) is 0 Å². The molecule has 0 N–H and O–H groups in total. The first-order chi connectivity index (χ1) is 7.99. The molecule has 1 nitrogen and oxygen atoms in total. The molecule has 0 aliphatic carbocycles. The second-order valence-electron chi connectivity index (χ2n) is 3.96. The minimum atomic E-state index is 0.0294. The summed E-state index contributed by atoms with van der Waals surface area (Å²) in [5, 5.41) is 0.413. The Hall–Kier alpha value is -0.250. The fourth-order valence-electron chi connectivity index (χ4n) is 1.69. The van der Waals surface area contributed by atoms with Crippen LogP contribution in [0.2, 0.25) is 5.22 Å². The molecule has 0 saturated carbocycles. The first-order valence-electron chi connectivity index (χ1n) is 5.15. The zero-order valence-corrected chi connectivity index (χ0v) is 13.4. The SMILES string of the molecule is Cc1cc(C(Br)c2ccc(Cl)o2)c(C)cc1Br. The van der Waals surface area contributed by atoms with E-state index in [-0.39, 0.29) is 4.83 Å². The topological polar surface area (TPSA) is 13.1 Å². The van der Waals surface area contributed by atoms with Gasteiger partial charge in [-0.15, -0.1) is 0 Å². The van der Waals surface area contributed by atoms with Gasteiger partial charge in [0.05, 0.1) is 4.83 Å². The third-order valence-electron chi connectivity index (χ3n) is 2.66. The molecule has 17 heavy (non-hydrogen) atoms. The Kier molecular flexibility index (Phi) is 4.01. The number of benzene rings is 1. The average Bonchev–Trinajstić information content (AvgIpc) is 2.69. The van der Waals surface area contributed by atoms with Gasteiger partial charge in [0, 0.05) is 4.47 Å². The van der Waals surface area contributed by atoms with Gasteiger partial charge in [-0.3, -0.25) is 0 Å². The van der Waals surface area contributed by atoms with Crippen LogP contribution in [0.4, 0.5) is 0 Å². The number of furan rings is 1. The van der Waals surface area contributed by atoms with E-state index in [1.807, 2.05) is 6.07 Å². The van der Waals surface area contributed by atoms with E-state index in [9.17, 15) is 0 Å². The fourth-order valence-corrected chi connectivity index (χ4v) is 3.04. The Balaban J connectivity index is 2.43. The molecule has 0 radical (unpaired) electrons. The highest BCUT2D eigenvalue weighted by Crippen LogP contribution is 2.36. The van der Waals surface area contributed by atoms with Crippen molar-refractivity contribution < 1.29 is 4.42 Å². The third kappa shape index (κ3) is 2.78. The summed E-state index contributed by atoms with van der Waals surface area (Å²) in [5.74, 6) is 0.819. The normalized spacial score (nSPS) is 12.8. The predicted octanol–water partition coefficient (Wildman–Crippen LogP) is 5.80. The minimum absolute atomic E-state index is 0.0294. The summed E-state index contributed by atoms with van der Waals surface area (Å²) < 4.78 is 6.55. The molecular formula is C13H11Br2ClO. The predicted molar refractivity (Wildman–Crippen MR) is 78.1 cm³/mol. The number of rotatable bonds is 2. The van der Waals surface area contributed by atoms with Crippen LogP contribution in [0, 0.1) is 13.8 Å². The molecule has 2 aromatic rings. The molecule has 0 aliphatic heterocycles. The third-order valence-corrected chi connectivity index (χ3v) is 4.67. The highest BCUT2D eigenvalue weighted by Gasteiger charge is 2.17. The lowest BCUT2D eigenvalue weighted by atomic mass is 10.0. The van der Waals surface area contributed by atoms with Gasteiger partial charge >= 0.3 is 0 Å². The van der Waals surface area contributed by atoms with E-state index in [2.05, 4.69) is 57.8 Å². The Bertz CT molecular complexity index is 548. The standard InChI is InChI=1S/C13H11Br2ClO/c1-7-6-10(14)8(2)5-9(7)13(15)11-3-4-12(16)17-11/h3-6,13H,1-2H3. The van der Waals surface area contributed by atoms with Crippen molar-refractivity contribution in [3.8, 4) is 0 Å². The van der Waals surface area contributed by atoms with Crippen molar-refractivity contribution in [2.24, 2.45) is 0 Å². The van der Waals surface area contributed by atoms with Crippen molar-refractivity contribution in [3.63, 3.8) is 0 Å². The van der Waals surface area contributed by atoms with E-state index in [1.54, 1.807) is 6.07 Å². The lowest BCUT2D eigenvalue weighted by molar-refractivity contribution is 0.521. The summed E-state index contributed by atoms with van der Waals surface area (Å²) in [6, 6.07) is 7.91. The highest BCUT2D eigenvalue weighted by atomic mass is 79.9. The van der Waals surface area contributed by atoms with Crippen LogP contribution >= 0.6 is 43.5 Å². The zero-order chi connectivity index (χ0) is 12.6. The van der Waals surface area contributed by atoms with Crippen LogP contribution in [0.5, 0.6) is 0 Å². The van der Waals surface area contributed by atoms with Gasteiger partial charge in [0.2, 0.25) is 0 Å². The van der Waals surface area contributed by atoms with Crippen LogP contribution in [-0.2, 0) is 0 Å². The molecule has 1 aromatic carbocycles. The Morgan fingerprint density at radius 3 is 2.47 bits per heavy atom. The summed E-state index contributed by atoms with van der Waals surface area (Å²) in [5.41, 5.74) is 3.60. The average molecular weight is 378 g/mol. The van der Waals surface area contributed by atoms with Gasteiger partial charge in [0.1, 0.15) is 5.76 Å². The number of hydrogen-bond acceptors (Lipinski definition) is 1. The van der Waals surface area contributed by atoms with Crippen molar-refractivity contribution in [2.45, 2.75) is 18.7 Å². The molecule has 0 aliphatic rings. The van der Waals surface area contributed by atoms with Crippen molar-refractivity contribution in [1.29, 1.82) is 0 Å². The van der Waals surface area contributed by atoms with E-state index in [1.165, 1.54) is 16.7 Å². The summed E-state index contributed by atoms with van der Waals surface area (Å²) >= 11 is 13.0. The molecule has 4 heteroatoms. The molecule has 0 bridgehead atoms. The van der Waals surface area contributed by atoms with E-state index < -0.39 is 0 Å². The highest BCUT2D eigenvalue weighted by molar-refractivity contribution is 9.10. The number of aryl methyl sites for hydroxylation is 2. The first-order valence-corrected chi connectivity index (χ1v) is 7.23. The molecule has 2 rings (SSSR count). The lowest BCUT2D eigenvalue weighted by Gasteiger charge is -2.13. The van der Waals surface area contributed by atoms with Crippen molar-refractivity contribution in [1.82, 2.24) is 0 Å². The van der Waals surface area contributed by atoms with E-state index in [0.717, 1.165) is 10.2 Å². The van der Waals surface area contributed by atoms with E-state index in [4.69, 9.17) is 16.0 Å². The molecule has 1 atom stereocenters. The van der Waals surface area contributed by atoms with Gasteiger partial charge in [-0.05, 0) is 60.3 Å². The van der Waals surface area contributed by atoms with Crippen LogP contribution < -0.4 is 0 Å². The second kappa shape index (κ2) is 5.17. The maximum Gasteiger partial charge on any atom is 0.193 e. The smallest absolute Gasteiger partial charge is 0.193 e. The molecule has 0 amide bonds. The minimum Gasteiger partial charge on any atom is -0.448 e. The fraction of sp³-hybridized carbons (Fsp3) is 0.231. The first kappa shape index (κ1) is 13.2. The van der Waals surface area contributed by atoms with Crippen LogP contribution in [0.3, 0.4) is 0 Å². The summed E-state index contributed by atoms with van der Waals surface area (Å²) in [7, 11) is 0. The summed E-state index contributed by atoms with van der Waals surface area (Å²) in [4.78, 5) is 0.0294. The summed E-state index contributed by atoms with van der Waals surface area (Å²) in [6.07, 6.45) is 0. The van der Waals surface area contributed by atoms with Gasteiger partial charge < -0.3 is 4.42 Å². The van der Waals surface area contributed by atoms with Gasteiger partial charge in [-0.2, -0.15) is 0 Å². The molecule has 1 aromatic heterocycles. The number of alkyl halides is 1. The van der Waals surface area contributed by atoms with E-state index in [0.29, 0.717) is 5.22 Å². The molecule has 0 spiro atoms. The quantitative estimate of drug-likeness (QED) is 0.602. The molecular weight excluding hydrogens is 367 g/mol. The maximum absolute atomic E-state index is 5.79. The Labute approximate surface area is 122 Å². The van der Waals surface area contributed by atoms with Crippen LogP contribution in [0.25, 0.3) is 0 Å². The van der Waals surface area contributed by atoms with Crippen LogP contribution in [-0.4, -0.2) is 0 Å². The molecule has 0 saturated heterocycles.